The fourth-order valence-corrected chi connectivity index (χ4v) is 3.18. The van der Waals surface area contributed by atoms with E-state index in [0.29, 0.717) is 6.04 Å². The molecule has 0 amide bonds. The summed E-state index contributed by atoms with van der Waals surface area (Å²) in [5.41, 5.74) is 2.04. The van der Waals surface area contributed by atoms with Crippen LogP contribution < -0.4 is 0 Å². The van der Waals surface area contributed by atoms with Crippen LogP contribution in [0, 0.1) is 0 Å². The molecule has 112 valence electrons. The van der Waals surface area contributed by atoms with Crippen molar-refractivity contribution in [2.75, 3.05) is 0 Å². The Bertz CT molecular complexity index is 724. The van der Waals surface area contributed by atoms with Crippen LogP contribution in [0.25, 0.3) is 22.9 Å². The van der Waals surface area contributed by atoms with Crippen LogP contribution in [-0.4, -0.2) is 24.7 Å². The minimum atomic E-state index is 0.454. The number of hydrogen-bond acceptors (Lipinski definition) is 3. The zero-order valence-electron chi connectivity index (χ0n) is 12.4. The summed E-state index contributed by atoms with van der Waals surface area (Å²) in [7, 11) is 0. The second-order valence-electron chi connectivity index (χ2n) is 5.82. The average Bonchev–Trinajstić information content (AvgIpc) is 3.26. The minimum absolute atomic E-state index is 0.454. The molecule has 1 N–H and O–H groups in total. The Kier molecular flexibility index (Phi) is 3.46. The smallest absolute Gasteiger partial charge is 0.181 e. The summed E-state index contributed by atoms with van der Waals surface area (Å²) in [6.45, 7) is 0. The van der Waals surface area contributed by atoms with Crippen molar-refractivity contribution in [3.05, 3.63) is 42.9 Å². The highest BCUT2D eigenvalue weighted by molar-refractivity contribution is 5.59. The Morgan fingerprint density at radius 1 is 1.05 bits per heavy atom. The largest absolute Gasteiger partial charge is 0.359 e. The first-order valence-electron chi connectivity index (χ1n) is 7.92. The Hall–Kier alpha value is -2.43. The quantitative estimate of drug-likeness (QED) is 0.798. The Labute approximate surface area is 129 Å². The summed E-state index contributed by atoms with van der Waals surface area (Å²) in [4.78, 5) is 12.1. The predicted octanol–water partition coefficient (Wildman–Crippen LogP) is 3.84. The fourth-order valence-electron chi connectivity index (χ4n) is 3.18. The van der Waals surface area contributed by atoms with Gasteiger partial charge < -0.3 is 4.98 Å². The number of aromatic amines is 1. The van der Waals surface area contributed by atoms with E-state index in [0.717, 1.165) is 22.9 Å². The molecule has 1 aliphatic rings. The summed E-state index contributed by atoms with van der Waals surface area (Å²) >= 11 is 0. The number of rotatable bonds is 3. The van der Waals surface area contributed by atoms with Gasteiger partial charge in [-0.1, -0.05) is 19.3 Å². The molecule has 1 fully saturated rings. The van der Waals surface area contributed by atoms with E-state index in [1.165, 1.54) is 32.1 Å². The van der Waals surface area contributed by atoms with Gasteiger partial charge in [0.15, 0.2) is 11.6 Å². The van der Waals surface area contributed by atoms with E-state index in [-0.39, 0.29) is 0 Å². The average molecular weight is 293 g/mol. The van der Waals surface area contributed by atoms with Crippen LogP contribution in [0.5, 0.6) is 0 Å². The lowest BCUT2D eigenvalue weighted by atomic mass is 9.95. The number of H-pyrrole nitrogens is 1. The van der Waals surface area contributed by atoms with Gasteiger partial charge in [0.25, 0.3) is 0 Å². The molecule has 3 heterocycles. The van der Waals surface area contributed by atoms with Crippen LogP contribution in [0.4, 0.5) is 0 Å². The van der Waals surface area contributed by atoms with Gasteiger partial charge in [-0.05, 0) is 37.1 Å². The molecule has 4 rings (SSSR count). The van der Waals surface area contributed by atoms with Gasteiger partial charge in [-0.25, -0.2) is 9.67 Å². The first-order valence-corrected chi connectivity index (χ1v) is 7.92. The Morgan fingerprint density at radius 2 is 1.86 bits per heavy atom. The van der Waals surface area contributed by atoms with Gasteiger partial charge in [0.1, 0.15) is 0 Å². The van der Waals surface area contributed by atoms with Gasteiger partial charge in [0.2, 0.25) is 0 Å². The van der Waals surface area contributed by atoms with Crippen LogP contribution in [0.2, 0.25) is 0 Å². The SMILES string of the molecule is c1c[nH]c(-c2nc(-c3ccncc3)nn2C2CCCCC2)c1. The van der Waals surface area contributed by atoms with Crippen molar-refractivity contribution in [3.63, 3.8) is 0 Å². The second-order valence-corrected chi connectivity index (χ2v) is 5.82. The summed E-state index contributed by atoms with van der Waals surface area (Å²) in [6, 6.07) is 8.43. The number of nitrogens with zero attached hydrogens (tertiary/aromatic N) is 4. The molecule has 5 heteroatoms. The van der Waals surface area contributed by atoms with Crippen molar-refractivity contribution in [3.8, 4) is 22.9 Å². The third-order valence-electron chi connectivity index (χ3n) is 4.33. The highest BCUT2D eigenvalue weighted by atomic mass is 15.4. The third kappa shape index (κ3) is 2.43. The zero-order valence-corrected chi connectivity index (χ0v) is 12.4. The standard InChI is InChI=1S/C17H19N5/c1-2-5-14(6-3-1)22-17(15-7-4-10-19-15)20-16(21-22)13-8-11-18-12-9-13/h4,7-12,14,19H,1-3,5-6H2. The molecule has 0 aliphatic heterocycles. The van der Waals surface area contributed by atoms with Gasteiger partial charge in [-0.3, -0.25) is 4.98 Å². The molecular formula is C17H19N5. The first-order chi connectivity index (χ1) is 10.9. The summed E-state index contributed by atoms with van der Waals surface area (Å²) in [5, 5.41) is 4.82. The maximum atomic E-state index is 4.82. The fraction of sp³-hybridized carbons (Fsp3) is 0.353. The lowest BCUT2D eigenvalue weighted by Gasteiger charge is -2.22. The van der Waals surface area contributed by atoms with Crippen LogP contribution in [0.15, 0.2) is 42.9 Å². The van der Waals surface area contributed by atoms with Crippen LogP contribution in [-0.2, 0) is 0 Å². The number of hydrogen-bond donors (Lipinski definition) is 1. The van der Waals surface area contributed by atoms with Crippen molar-refractivity contribution in [2.24, 2.45) is 0 Å². The molecule has 0 unspecified atom stereocenters. The minimum Gasteiger partial charge on any atom is -0.359 e. The molecule has 0 spiro atoms. The van der Waals surface area contributed by atoms with Crippen molar-refractivity contribution in [1.82, 2.24) is 24.7 Å². The Morgan fingerprint density at radius 3 is 2.59 bits per heavy atom. The van der Waals surface area contributed by atoms with Crippen molar-refractivity contribution >= 4 is 0 Å². The van der Waals surface area contributed by atoms with Crippen molar-refractivity contribution < 1.29 is 0 Å². The van der Waals surface area contributed by atoms with Gasteiger partial charge in [0, 0.05) is 24.2 Å². The first kappa shape index (κ1) is 13.2. The maximum absolute atomic E-state index is 4.82. The molecule has 3 aromatic heterocycles. The van der Waals surface area contributed by atoms with E-state index in [4.69, 9.17) is 10.1 Å². The lowest BCUT2D eigenvalue weighted by molar-refractivity contribution is 0.332. The van der Waals surface area contributed by atoms with Gasteiger partial charge >= 0.3 is 0 Å². The zero-order chi connectivity index (χ0) is 14.8. The summed E-state index contributed by atoms with van der Waals surface area (Å²) in [5.74, 6) is 1.71. The maximum Gasteiger partial charge on any atom is 0.181 e. The topological polar surface area (TPSA) is 59.4 Å². The number of aromatic nitrogens is 5. The monoisotopic (exact) mass is 293 g/mol. The number of nitrogens with one attached hydrogen (secondary N) is 1. The Balaban J connectivity index is 1.79. The molecule has 1 aliphatic carbocycles. The molecule has 5 nitrogen and oxygen atoms in total. The van der Waals surface area contributed by atoms with Crippen LogP contribution in [0.3, 0.4) is 0 Å². The van der Waals surface area contributed by atoms with E-state index in [1.54, 1.807) is 12.4 Å². The highest BCUT2D eigenvalue weighted by Crippen LogP contribution is 2.32. The third-order valence-corrected chi connectivity index (χ3v) is 4.33. The normalized spacial score (nSPS) is 16.0. The molecule has 1 saturated carbocycles. The van der Waals surface area contributed by atoms with Crippen LogP contribution in [0.1, 0.15) is 38.1 Å². The number of pyridine rings is 1. The molecule has 0 aromatic carbocycles. The van der Waals surface area contributed by atoms with Gasteiger partial charge in [-0.15, -0.1) is 0 Å². The lowest BCUT2D eigenvalue weighted by Crippen LogP contribution is -2.15. The predicted molar refractivity (Wildman–Crippen MR) is 85.2 cm³/mol. The molecule has 22 heavy (non-hydrogen) atoms. The molecule has 0 bridgehead atoms. The van der Waals surface area contributed by atoms with Crippen LogP contribution >= 0.6 is 0 Å². The molecule has 0 atom stereocenters. The van der Waals surface area contributed by atoms with E-state index in [9.17, 15) is 0 Å². The molecule has 0 saturated heterocycles. The van der Waals surface area contributed by atoms with E-state index in [2.05, 4.69) is 20.7 Å². The second kappa shape index (κ2) is 5.75. The highest BCUT2D eigenvalue weighted by Gasteiger charge is 2.22. The van der Waals surface area contributed by atoms with E-state index in [1.807, 2.05) is 24.4 Å². The van der Waals surface area contributed by atoms with E-state index >= 15 is 0 Å². The van der Waals surface area contributed by atoms with Crippen molar-refractivity contribution in [1.29, 1.82) is 0 Å². The molecular weight excluding hydrogens is 274 g/mol. The summed E-state index contributed by atoms with van der Waals surface area (Å²) < 4.78 is 2.13. The van der Waals surface area contributed by atoms with E-state index < -0.39 is 0 Å². The van der Waals surface area contributed by atoms with Gasteiger partial charge in [0.05, 0.1) is 11.7 Å². The van der Waals surface area contributed by atoms with Crippen molar-refractivity contribution in [2.45, 2.75) is 38.1 Å². The van der Waals surface area contributed by atoms with Gasteiger partial charge in [-0.2, -0.15) is 5.10 Å². The summed E-state index contributed by atoms with van der Waals surface area (Å²) in [6.07, 6.45) is 11.8. The molecule has 0 radical (unpaired) electrons. The molecule has 3 aromatic rings.